The van der Waals surface area contributed by atoms with E-state index in [-0.39, 0.29) is 31.7 Å². The van der Waals surface area contributed by atoms with Crippen LogP contribution >= 0.6 is 0 Å². The van der Waals surface area contributed by atoms with Crippen LogP contribution in [0.25, 0.3) is 0 Å². The van der Waals surface area contributed by atoms with Gasteiger partial charge in [-0.2, -0.15) is 13.2 Å². The third-order valence-corrected chi connectivity index (χ3v) is 6.68. The van der Waals surface area contributed by atoms with Crippen LogP contribution in [0.4, 0.5) is 28.2 Å². The summed E-state index contributed by atoms with van der Waals surface area (Å²) >= 11 is 0. The van der Waals surface area contributed by atoms with E-state index in [2.05, 4.69) is 20.9 Å². The van der Waals surface area contributed by atoms with Gasteiger partial charge in [-0.15, -0.1) is 0 Å². The molecular formula is C33H39F4N5O7. The van der Waals surface area contributed by atoms with E-state index >= 15 is 0 Å². The van der Waals surface area contributed by atoms with E-state index in [0.29, 0.717) is 6.07 Å². The van der Waals surface area contributed by atoms with Gasteiger partial charge in [-0.05, 0) is 59.2 Å². The number of aromatic nitrogens is 2. The van der Waals surface area contributed by atoms with Crippen LogP contribution in [-0.2, 0) is 41.4 Å². The van der Waals surface area contributed by atoms with Crippen LogP contribution in [0, 0.1) is 5.82 Å². The Bertz CT molecular complexity index is 1620. The predicted octanol–water partition coefficient (Wildman–Crippen LogP) is 5.14. The van der Waals surface area contributed by atoms with Gasteiger partial charge in [0.05, 0.1) is 31.7 Å². The first-order valence-electron chi connectivity index (χ1n) is 15.1. The first kappa shape index (κ1) is 38.5. The smallest absolute Gasteiger partial charge is 0.416 e. The standard InChI is InChI=1S/C33H39F4N5O7/c1-7-48-28(44)26(22-14-13-21(15-23(22)34)33(35,36)37)42-16-25(38-19-42)40-27(43)24(18-47-17-20-11-9-8-10-12-20)39-29(45)32(5,6)41-30(46)49-31(2,3)4/h8-16,19,24,26H,7,17-18H2,1-6H3,(H,39,45)(H,40,43)(H,41,46)/t24-,26?/m1/s1. The minimum absolute atomic E-state index is 0.0918. The molecule has 2 atom stereocenters. The van der Waals surface area contributed by atoms with Crippen LogP contribution in [0.5, 0.6) is 0 Å². The molecule has 1 unspecified atom stereocenters. The second kappa shape index (κ2) is 15.9. The number of nitrogens with one attached hydrogen (secondary N) is 3. The van der Waals surface area contributed by atoms with Crippen LogP contribution in [0.3, 0.4) is 0 Å². The highest BCUT2D eigenvalue weighted by molar-refractivity contribution is 5.98. The molecule has 49 heavy (non-hydrogen) atoms. The summed E-state index contributed by atoms with van der Waals surface area (Å²) in [5.41, 5.74) is -3.26. The molecule has 12 nitrogen and oxygen atoms in total. The molecule has 0 fully saturated rings. The van der Waals surface area contributed by atoms with Crippen molar-refractivity contribution >= 4 is 29.7 Å². The normalized spacial score (nSPS) is 13.2. The van der Waals surface area contributed by atoms with Crippen molar-refractivity contribution in [3.05, 3.63) is 83.6 Å². The van der Waals surface area contributed by atoms with Gasteiger partial charge in [-0.3, -0.25) is 9.59 Å². The van der Waals surface area contributed by atoms with Crippen molar-refractivity contribution in [1.29, 1.82) is 0 Å². The maximum absolute atomic E-state index is 15.0. The van der Waals surface area contributed by atoms with Crippen molar-refractivity contribution in [2.75, 3.05) is 18.5 Å². The molecule has 0 aliphatic rings. The first-order valence-corrected chi connectivity index (χ1v) is 15.1. The van der Waals surface area contributed by atoms with Crippen LogP contribution in [-0.4, -0.2) is 63.8 Å². The molecule has 3 amide bonds. The molecule has 0 aliphatic heterocycles. The molecule has 0 spiro atoms. The van der Waals surface area contributed by atoms with Gasteiger partial charge in [0.25, 0.3) is 5.91 Å². The first-order chi connectivity index (χ1) is 22.8. The summed E-state index contributed by atoms with van der Waals surface area (Å²) in [5.74, 6) is -4.02. The quantitative estimate of drug-likeness (QED) is 0.165. The van der Waals surface area contributed by atoms with Gasteiger partial charge >= 0.3 is 18.2 Å². The van der Waals surface area contributed by atoms with E-state index in [1.807, 2.05) is 6.07 Å². The number of hydrogen-bond donors (Lipinski definition) is 3. The number of imidazole rings is 1. The summed E-state index contributed by atoms with van der Waals surface area (Å²) in [6.07, 6.45) is -3.47. The third kappa shape index (κ3) is 11.3. The van der Waals surface area contributed by atoms with E-state index in [1.165, 1.54) is 20.8 Å². The topological polar surface area (TPSA) is 150 Å². The third-order valence-electron chi connectivity index (χ3n) is 6.68. The zero-order chi connectivity index (χ0) is 36.6. The Labute approximate surface area is 280 Å². The summed E-state index contributed by atoms with van der Waals surface area (Å²) in [5, 5.41) is 7.50. The molecule has 3 N–H and O–H groups in total. The zero-order valence-electron chi connectivity index (χ0n) is 27.8. The van der Waals surface area contributed by atoms with Crippen LogP contribution in [0.1, 0.15) is 64.3 Å². The fourth-order valence-electron chi connectivity index (χ4n) is 4.32. The summed E-state index contributed by atoms with van der Waals surface area (Å²) in [6, 6.07) is 7.80. The van der Waals surface area contributed by atoms with E-state index in [4.69, 9.17) is 14.2 Å². The Morgan fingerprint density at radius 3 is 2.24 bits per heavy atom. The second-order valence-corrected chi connectivity index (χ2v) is 12.4. The number of alkyl carbamates (subject to hydrolysis) is 1. The molecule has 0 aliphatic carbocycles. The van der Waals surface area contributed by atoms with Crippen molar-refractivity contribution in [2.24, 2.45) is 0 Å². The highest BCUT2D eigenvalue weighted by Gasteiger charge is 2.36. The van der Waals surface area contributed by atoms with Gasteiger partial charge in [-0.25, -0.2) is 19.0 Å². The second-order valence-electron chi connectivity index (χ2n) is 12.4. The number of rotatable bonds is 13. The van der Waals surface area contributed by atoms with Gasteiger partial charge in [0.15, 0.2) is 11.9 Å². The maximum Gasteiger partial charge on any atom is 0.416 e. The molecule has 3 rings (SSSR count). The predicted molar refractivity (Wildman–Crippen MR) is 169 cm³/mol. The highest BCUT2D eigenvalue weighted by atomic mass is 19.4. The fraction of sp³-hybridized carbons (Fsp3) is 0.424. The molecule has 1 heterocycles. The number of esters is 1. The van der Waals surface area contributed by atoms with Crippen LogP contribution in [0.15, 0.2) is 61.1 Å². The van der Waals surface area contributed by atoms with Crippen molar-refractivity contribution in [1.82, 2.24) is 20.2 Å². The molecule has 3 aromatic rings. The lowest BCUT2D eigenvalue weighted by atomic mass is 10.0. The van der Waals surface area contributed by atoms with E-state index in [1.54, 1.807) is 45.0 Å². The molecule has 1 aromatic heterocycles. The number of carbonyl (C=O) groups excluding carboxylic acids is 4. The lowest BCUT2D eigenvalue weighted by Crippen LogP contribution is -2.59. The van der Waals surface area contributed by atoms with Gasteiger partial charge in [0.2, 0.25) is 5.91 Å². The molecule has 16 heteroatoms. The molecule has 0 bridgehead atoms. The van der Waals surface area contributed by atoms with Gasteiger partial charge in [-0.1, -0.05) is 36.4 Å². The van der Waals surface area contributed by atoms with Crippen molar-refractivity contribution < 1.29 is 51.0 Å². The Balaban J connectivity index is 1.84. The molecule has 0 saturated carbocycles. The Morgan fingerprint density at radius 1 is 0.980 bits per heavy atom. The lowest BCUT2D eigenvalue weighted by molar-refractivity contribution is -0.145. The minimum atomic E-state index is -4.82. The summed E-state index contributed by atoms with van der Waals surface area (Å²) < 4.78 is 71.4. The number of anilines is 1. The van der Waals surface area contributed by atoms with Gasteiger partial charge in [0, 0.05) is 11.8 Å². The molecule has 266 valence electrons. The number of halogens is 4. The van der Waals surface area contributed by atoms with Crippen LogP contribution < -0.4 is 16.0 Å². The molecule has 0 saturated heterocycles. The van der Waals surface area contributed by atoms with Crippen molar-refractivity contribution in [2.45, 2.75) is 77.5 Å². The Morgan fingerprint density at radius 2 is 1.65 bits per heavy atom. The Hall–Kier alpha value is -4.99. The molecule has 2 aromatic carbocycles. The van der Waals surface area contributed by atoms with Gasteiger partial charge < -0.3 is 34.7 Å². The average Bonchev–Trinajstić information content (AvgIpc) is 3.44. The number of nitrogens with zero attached hydrogens (tertiary/aromatic N) is 2. The van der Waals surface area contributed by atoms with Gasteiger partial charge in [0.1, 0.15) is 23.0 Å². The highest BCUT2D eigenvalue weighted by Crippen LogP contribution is 2.33. The number of benzene rings is 2. The fourth-order valence-corrected chi connectivity index (χ4v) is 4.32. The monoisotopic (exact) mass is 693 g/mol. The number of ether oxygens (including phenoxy) is 3. The lowest BCUT2D eigenvalue weighted by Gasteiger charge is -2.29. The molecular weight excluding hydrogens is 654 g/mol. The number of carbonyl (C=O) groups is 4. The summed E-state index contributed by atoms with van der Waals surface area (Å²) in [7, 11) is 0. The van der Waals surface area contributed by atoms with E-state index in [9.17, 15) is 36.7 Å². The maximum atomic E-state index is 15.0. The summed E-state index contributed by atoms with van der Waals surface area (Å²) in [4.78, 5) is 56.0. The zero-order valence-corrected chi connectivity index (χ0v) is 27.8. The Kier molecular flexibility index (Phi) is 12.5. The van der Waals surface area contributed by atoms with E-state index in [0.717, 1.165) is 28.7 Å². The van der Waals surface area contributed by atoms with Crippen molar-refractivity contribution in [3.63, 3.8) is 0 Å². The van der Waals surface area contributed by atoms with Crippen molar-refractivity contribution in [3.8, 4) is 0 Å². The molecule has 0 radical (unpaired) electrons. The minimum Gasteiger partial charge on any atom is -0.464 e. The van der Waals surface area contributed by atoms with E-state index < -0.39 is 70.2 Å². The van der Waals surface area contributed by atoms with Crippen LogP contribution in [0.2, 0.25) is 0 Å². The largest absolute Gasteiger partial charge is 0.464 e. The number of alkyl halides is 3. The average molecular weight is 694 g/mol. The SMILES string of the molecule is CCOC(=O)C(c1ccc(C(F)(F)F)cc1F)n1cnc(NC(=O)[C@@H](COCc2ccccc2)NC(=O)C(C)(C)NC(=O)OC(C)(C)C)c1. The number of amides is 3. The number of hydrogen-bond acceptors (Lipinski definition) is 8. The summed E-state index contributed by atoms with van der Waals surface area (Å²) in [6.45, 7) is 8.93.